The Hall–Kier alpha value is 0.510. The Morgan fingerprint density at radius 3 is 2.00 bits per heavy atom. The van der Waals surface area contributed by atoms with Crippen LogP contribution < -0.4 is 0 Å². The van der Waals surface area contributed by atoms with Crippen molar-refractivity contribution in [3.63, 3.8) is 0 Å². The molecule has 2 atom stereocenters. The molecule has 0 aromatic heterocycles. The molecule has 0 aliphatic rings. The third-order valence-corrected chi connectivity index (χ3v) is 0.790. The first kappa shape index (κ1) is 7.51. The summed E-state index contributed by atoms with van der Waals surface area (Å²) < 4.78 is 11.6. The minimum atomic E-state index is -1.35. The van der Waals surface area contributed by atoms with E-state index in [4.69, 9.17) is 23.2 Å². The Morgan fingerprint density at radius 2 is 2.00 bits per heavy atom. The van der Waals surface area contributed by atoms with Crippen molar-refractivity contribution in [1.82, 2.24) is 0 Å². The molecule has 0 aromatic rings. The van der Waals surface area contributed by atoms with Gasteiger partial charge in [-0.25, -0.2) is 4.39 Å². The number of alkyl halides is 3. The smallest absolute Gasteiger partial charge is 0.174 e. The Balaban J connectivity index is 2.95. The van der Waals surface area contributed by atoms with Gasteiger partial charge in [-0.2, -0.15) is 0 Å². The van der Waals surface area contributed by atoms with Crippen LogP contribution in [-0.4, -0.2) is 11.0 Å². The number of hydrogen-bond donors (Lipinski definition) is 0. The van der Waals surface area contributed by atoms with E-state index < -0.39 is 11.0 Å². The molecule has 0 saturated heterocycles. The summed E-state index contributed by atoms with van der Waals surface area (Å²) in [6.07, 6.45) is 0.114. The highest BCUT2D eigenvalue weighted by Crippen LogP contribution is 2.09. The second kappa shape index (κ2) is 3.50. The van der Waals surface area contributed by atoms with Gasteiger partial charge >= 0.3 is 0 Å². The van der Waals surface area contributed by atoms with Gasteiger partial charge in [0.15, 0.2) is 5.63 Å². The average molecular weight is 144 g/mol. The zero-order valence-corrected chi connectivity index (χ0v) is 5.21. The van der Waals surface area contributed by atoms with Gasteiger partial charge in [0.1, 0.15) is 0 Å². The molecule has 0 amide bonds. The second-order valence-corrected chi connectivity index (χ2v) is 2.31. The molecule has 43 valence electrons. The molecule has 0 aliphatic carbocycles. The fourth-order valence-corrected chi connectivity index (χ4v) is 0.656. The van der Waals surface area contributed by atoms with Crippen LogP contribution in [0.2, 0.25) is 0 Å². The van der Waals surface area contributed by atoms with E-state index in [2.05, 4.69) is 6.92 Å². The third kappa shape index (κ3) is 6.51. The maximum atomic E-state index is 11.6. The first-order valence-corrected chi connectivity index (χ1v) is 2.75. The summed E-state index contributed by atoms with van der Waals surface area (Å²) in [7, 11) is 0. The minimum Gasteiger partial charge on any atom is -0.230 e. The van der Waals surface area contributed by atoms with Gasteiger partial charge in [0, 0.05) is 11.8 Å². The predicted octanol–water partition coefficient (Wildman–Crippen LogP) is 2.35. The van der Waals surface area contributed by atoms with E-state index in [1.165, 1.54) is 0 Å². The van der Waals surface area contributed by atoms with Crippen molar-refractivity contribution in [2.24, 2.45) is 0 Å². The zero-order valence-electron chi connectivity index (χ0n) is 3.70. The van der Waals surface area contributed by atoms with Crippen LogP contribution in [0.5, 0.6) is 0 Å². The molecule has 0 bridgehead atoms. The molecule has 0 nitrogen and oxygen atoms in total. The Kier molecular flexibility index (Phi) is 3.76. The predicted molar refractivity (Wildman–Crippen MR) is 30.4 cm³/mol. The van der Waals surface area contributed by atoms with Gasteiger partial charge in [-0.1, -0.05) is 11.6 Å². The topological polar surface area (TPSA) is 0 Å². The summed E-state index contributed by atoms with van der Waals surface area (Å²) in [4.78, 5) is 0. The Bertz CT molecular complexity index is 39.0. The molecule has 0 aromatic carbocycles. The van der Waals surface area contributed by atoms with Gasteiger partial charge in [0.2, 0.25) is 0 Å². The number of hydrogen-bond acceptors (Lipinski definition) is 0. The molecular weight excluding hydrogens is 138 g/mol. The van der Waals surface area contributed by atoms with Crippen LogP contribution in [0, 0.1) is 6.92 Å². The molecular formula is C4H6Cl2F. The molecule has 7 heavy (non-hydrogen) atoms. The van der Waals surface area contributed by atoms with Crippen molar-refractivity contribution in [2.75, 3.05) is 0 Å². The summed E-state index contributed by atoms with van der Waals surface area (Å²) in [6.45, 7) is 3.32. The summed E-state index contributed by atoms with van der Waals surface area (Å²) in [5.74, 6) is 0. The van der Waals surface area contributed by atoms with Gasteiger partial charge in [0.25, 0.3) is 0 Å². The summed E-state index contributed by atoms with van der Waals surface area (Å²) in [5.41, 5.74) is -1.35. The highest BCUT2D eigenvalue weighted by molar-refractivity contribution is 6.23. The van der Waals surface area contributed by atoms with Crippen LogP contribution in [0.15, 0.2) is 0 Å². The lowest BCUT2D eigenvalue weighted by Crippen LogP contribution is -1.98. The van der Waals surface area contributed by atoms with E-state index >= 15 is 0 Å². The lowest BCUT2D eigenvalue weighted by atomic mass is 10.4. The van der Waals surface area contributed by atoms with Crippen LogP contribution in [0.4, 0.5) is 4.39 Å². The molecule has 0 spiro atoms. The van der Waals surface area contributed by atoms with Gasteiger partial charge in [0.05, 0.1) is 0 Å². The lowest BCUT2D eigenvalue weighted by Gasteiger charge is -1.98. The first-order valence-electron chi connectivity index (χ1n) is 1.88. The van der Waals surface area contributed by atoms with Crippen molar-refractivity contribution in [3.05, 3.63) is 6.92 Å². The largest absolute Gasteiger partial charge is 0.230 e. The van der Waals surface area contributed by atoms with E-state index in [9.17, 15) is 4.39 Å². The van der Waals surface area contributed by atoms with Gasteiger partial charge < -0.3 is 0 Å². The van der Waals surface area contributed by atoms with Crippen molar-refractivity contribution >= 4 is 23.2 Å². The van der Waals surface area contributed by atoms with E-state index in [0.717, 1.165) is 0 Å². The SMILES string of the molecule is [CH2]C(Cl)CC(F)Cl. The molecule has 0 fully saturated rings. The van der Waals surface area contributed by atoms with Gasteiger partial charge in [-0.05, 0) is 6.92 Å². The quantitative estimate of drug-likeness (QED) is 0.521. The highest BCUT2D eigenvalue weighted by atomic mass is 35.5. The van der Waals surface area contributed by atoms with Crippen LogP contribution in [-0.2, 0) is 0 Å². The molecule has 0 heterocycles. The van der Waals surface area contributed by atoms with Crippen LogP contribution in [0.1, 0.15) is 6.42 Å². The van der Waals surface area contributed by atoms with Gasteiger partial charge in [-0.15, -0.1) is 11.6 Å². The molecule has 0 N–H and O–H groups in total. The van der Waals surface area contributed by atoms with Crippen molar-refractivity contribution in [1.29, 1.82) is 0 Å². The first-order chi connectivity index (χ1) is 3.13. The van der Waals surface area contributed by atoms with Crippen LogP contribution in [0.25, 0.3) is 0 Å². The fourth-order valence-electron chi connectivity index (χ4n) is 0.193. The van der Waals surface area contributed by atoms with E-state index in [1.807, 2.05) is 0 Å². The summed E-state index contributed by atoms with van der Waals surface area (Å²) >= 11 is 10.1. The molecule has 2 unspecified atom stereocenters. The van der Waals surface area contributed by atoms with Crippen molar-refractivity contribution < 1.29 is 4.39 Å². The van der Waals surface area contributed by atoms with E-state index in [0.29, 0.717) is 0 Å². The molecule has 1 radical (unpaired) electrons. The standard InChI is InChI=1S/C4H6Cl2F/c1-3(5)2-4(6)7/h3-4H,1-2H2. The fraction of sp³-hybridized carbons (Fsp3) is 0.750. The Morgan fingerprint density at radius 1 is 1.57 bits per heavy atom. The third-order valence-electron chi connectivity index (χ3n) is 0.434. The summed E-state index contributed by atoms with van der Waals surface area (Å²) in [5, 5.41) is -0.410. The van der Waals surface area contributed by atoms with Crippen molar-refractivity contribution in [2.45, 2.75) is 17.4 Å². The maximum Gasteiger partial charge on any atom is 0.174 e. The lowest BCUT2D eigenvalue weighted by molar-refractivity contribution is 0.425. The average Bonchev–Trinajstić information content (AvgIpc) is 1.27. The molecule has 0 rings (SSSR count). The normalized spacial score (nSPS) is 18.9. The molecule has 3 heteroatoms. The van der Waals surface area contributed by atoms with E-state index in [-0.39, 0.29) is 6.42 Å². The van der Waals surface area contributed by atoms with E-state index in [1.54, 1.807) is 0 Å². The monoisotopic (exact) mass is 143 g/mol. The second-order valence-electron chi connectivity index (χ2n) is 1.22. The molecule has 0 saturated carbocycles. The van der Waals surface area contributed by atoms with Gasteiger partial charge in [-0.3, -0.25) is 0 Å². The summed E-state index contributed by atoms with van der Waals surface area (Å²) in [6, 6.07) is 0. The van der Waals surface area contributed by atoms with Crippen LogP contribution in [0.3, 0.4) is 0 Å². The zero-order chi connectivity index (χ0) is 5.86. The van der Waals surface area contributed by atoms with Crippen LogP contribution >= 0.6 is 23.2 Å². The maximum absolute atomic E-state index is 11.6. The highest BCUT2D eigenvalue weighted by Gasteiger charge is 2.03. The van der Waals surface area contributed by atoms with Crippen molar-refractivity contribution in [3.8, 4) is 0 Å². The molecule has 0 aliphatic heterocycles. The number of rotatable bonds is 2. The number of halogens is 3. The minimum absolute atomic E-state index is 0.114. The Labute approximate surface area is 52.6 Å².